The van der Waals surface area contributed by atoms with E-state index < -0.39 is 0 Å². The molecule has 1 aromatic carbocycles. The SMILES string of the molecule is Cc1ccc(-c2ccc(N(C)CCO)nn2)c(-n2nc(C)cc2C)c1. The minimum absolute atomic E-state index is 0.0833. The minimum Gasteiger partial charge on any atom is -0.395 e. The fourth-order valence-electron chi connectivity index (χ4n) is 2.84. The quantitative estimate of drug-likeness (QED) is 0.775. The standard InChI is InChI=1S/C19H23N5O/c1-13-5-6-16(18(11-13)24-15(3)12-14(2)22-24)17-7-8-19(21-20-17)23(4)9-10-25/h5-8,11-12,25H,9-10H2,1-4H3. The number of nitrogens with zero attached hydrogens (tertiary/aromatic N) is 5. The minimum atomic E-state index is 0.0833. The molecule has 3 rings (SSSR count). The Kier molecular flexibility index (Phi) is 4.81. The Morgan fingerprint density at radius 2 is 1.84 bits per heavy atom. The van der Waals surface area contributed by atoms with Crippen LogP contribution in [0.2, 0.25) is 0 Å². The number of aromatic nitrogens is 4. The maximum absolute atomic E-state index is 9.05. The smallest absolute Gasteiger partial charge is 0.151 e. The summed E-state index contributed by atoms with van der Waals surface area (Å²) < 4.78 is 1.95. The zero-order chi connectivity index (χ0) is 18.0. The molecule has 0 aliphatic rings. The van der Waals surface area contributed by atoms with Gasteiger partial charge in [0.25, 0.3) is 0 Å². The summed E-state index contributed by atoms with van der Waals surface area (Å²) in [6.45, 7) is 6.71. The number of anilines is 1. The fourth-order valence-corrected chi connectivity index (χ4v) is 2.84. The molecule has 1 N–H and O–H groups in total. The third kappa shape index (κ3) is 3.53. The molecule has 0 saturated carbocycles. The van der Waals surface area contributed by atoms with Crippen LogP contribution < -0.4 is 4.90 Å². The average molecular weight is 337 g/mol. The summed E-state index contributed by atoms with van der Waals surface area (Å²) in [7, 11) is 1.88. The number of aliphatic hydroxyl groups is 1. The van der Waals surface area contributed by atoms with Crippen LogP contribution in [0.5, 0.6) is 0 Å². The van der Waals surface area contributed by atoms with E-state index in [1.54, 1.807) is 0 Å². The van der Waals surface area contributed by atoms with Crippen molar-refractivity contribution in [1.29, 1.82) is 0 Å². The van der Waals surface area contributed by atoms with Gasteiger partial charge in [0.1, 0.15) is 0 Å². The molecule has 0 fully saturated rings. The molecule has 130 valence electrons. The predicted octanol–water partition coefficient (Wildman–Crippen LogP) is 2.68. The second kappa shape index (κ2) is 7.03. The van der Waals surface area contributed by atoms with Gasteiger partial charge in [-0.25, -0.2) is 4.68 Å². The highest BCUT2D eigenvalue weighted by molar-refractivity contribution is 5.71. The van der Waals surface area contributed by atoms with Crippen LogP contribution in [0.3, 0.4) is 0 Å². The molecule has 25 heavy (non-hydrogen) atoms. The van der Waals surface area contributed by atoms with Gasteiger partial charge >= 0.3 is 0 Å². The molecule has 0 amide bonds. The van der Waals surface area contributed by atoms with E-state index >= 15 is 0 Å². The number of aliphatic hydroxyl groups excluding tert-OH is 1. The zero-order valence-electron chi connectivity index (χ0n) is 15.1. The van der Waals surface area contributed by atoms with Gasteiger partial charge < -0.3 is 10.0 Å². The summed E-state index contributed by atoms with van der Waals surface area (Å²) in [6, 6.07) is 12.2. The Morgan fingerprint density at radius 1 is 1.04 bits per heavy atom. The molecule has 0 saturated heterocycles. The van der Waals surface area contributed by atoms with Crippen molar-refractivity contribution in [3.8, 4) is 16.9 Å². The molecule has 0 aliphatic heterocycles. The van der Waals surface area contributed by atoms with Gasteiger partial charge in [0.2, 0.25) is 0 Å². The van der Waals surface area contributed by atoms with Crippen molar-refractivity contribution in [3.05, 3.63) is 53.3 Å². The molecule has 2 heterocycles. The first-order chi connectivity index (χ1) is 12.0. The van der Waals surface area contributed by atoms with Gasteiger partial charge in [-0.1, -0.05) is 12.1 Å². The van der Waals surface area contributed by atoms with Crippen LogP contribution in [-0.4, -0.2) is 45.3 Å². The summed E-state index contributed by atoms with van der Waals surface area (Å²) in [4.78, 5) is 1.87. The van der Waals surface area contributed by atoms with Crippen LogP contribution in [-0.2, 0) is 0 Å². The number of hydrogen-bond donors (Lipinski definition) is 1. The molecule has 6 heteroatoms. The number of benzene rings is 1. The lowest BCUT2D eigenvalue weighted by atomic mass is 10.1. The van der Waals surface area contributed by atoms with Crippen LogP contribution in [0, 0.1) is 20.8 Å². The van der Waals surface area contributed by atoms with Crippen molar-refractivity contribution >= 4 is 5.82 Å². The predicted molar refractivity (Wildman–Crippen MR) is 99.2 cm³/mol. The molecular weight excluding hydrogens is 314 g/mol. The summed E-state index contributed by atoms with van der Waals surface area (Å²) in [5, 5.41) is 22.3. The molecule has 0 spiro atoms. The van der Waals surface area contributed by atoms with Crippen LogP contribution >= 0.6 is 0 Å². The first-order valence-electron chi connectivity index (χ1n) is 8.30. The van der Waals surface area contributed by atoms with E-state index in [0.717, 1.165) is 34.2 Å². The van der Waals surface area contributed by atoms with E-state index in [1.807, 2.05) is 42.6 Å². The van der Waals surface area contributed by atoms with Gasteiger partial charge in [-0.3, -0.25) is 0 Å². The van der Waals surface area contributed by atoms with Crippen LogP contribution in [0.15, 0.2) is 36.4 Å². The monoisotopic (exact) mass is 337 g/mol. The lowest BCUT2D eigenvalue weighted by molar-refractivity contribution is 0.303. The molecular formula is C19H23N5O. The van der Waals surface area contributed by atoms with Crippen molar-refractivity contribution in [1.82, 2.24) is 20.0 Å². The fraction of sp³-hybridized carbons (Fsp3) is 0.316. The third-order valence-corrected chi connectivity index (χ3v) is 4.14. The van der Waals surface area contributed by atoms with E-state index in [0.29, 0.717) is 6.54 Å². The van der Waals surface area contributed by atoms with Gasteiger partial charge in [0.05, 0.1) is 23.7 Å². The molecule has 0 aliphatic carbocycles. The van der Waals surface area contributed by atoms with Crippen molar-refractivity contribution in [2.45, 2.75) is 20.8 Å². The number of likely N-dealkylation sites (N-methyl/N-ethyl adjacent to an activating group) is 1. The van der Waals surface area contributed by atoms with Crippen LogP contribution in [0.1, 0.15) is 17.0 Å². The highest BCUT2D eigenvalue weighted by Gasteiger charge is 2.13. The Morgan fingerprint density at radius 3 is 2.44 bits per heavy atom. The summed E-state index contributed by atoms with van der Waals surface area (Å²) in [5.41, 5.74) is 6.01. The summed E-state index contributed by atoms with van der Waals surface area (Å²) in [6.07, 6.45) is 0. The van der Waals surface area contributed by atoms with E-state index in [9.17, 15) is 0 Å². The van der Waals surface area contributed by atoms with Crippen molar-refractivity contribution < 1.29 is 5.11 Å². The van der Waals surface area contributed by atoms with Crippen LogP contribution in [0.4, 0.5) is 5.82 Å². The molecule has 0 radical (unpaired) electrons. The van der Waals surface area contributed by atoms with E-state index in [-0.39, 0.29) is 6.61 Å². The van der Waals surface area contributed by atoms with Crippen molar-refractivity contribution in [3.63, 3.8) is 0 Å². The number of hydrogen-bond acceptors (Lipinski definition) is 5. The van der Waals surface area contributed by atoms with Gasteiger partial charge in [-0.15, -0.1) is 10.2 Å². The Labute approximate surface area is 147 Å². The van der Waals surface area contributed by atoms with Crippen LogP contribution in [0.25, 0.3) is 16.9 Å². The summed E-state index contributed by atoms with van der Waals surface area (Å²) in [5.74, 6) is 0.734. The van der Waals surface area contributed by atoms with Gasteiger partial charge in [-0.2, -0.15) is 5.10 Å². The largest absolute Gasteiger partial charge is 0.395 e. The maximum atomic E-state index is 9.05. The van der Waals surface area contributed by atoms with Gasteiger partial charge in [0, 0.05) is 24.8 Å². The molecule has 6 nitrogen and oxygen atoms in total. The normalized spacial score (nSPS) is 10.9. The Balaban J connectivity index is 2.04. The number of rotatable bonds is 5. The van der Waals surface area contributed by atoms with E-state index in [1.165, 1.54) is 5.56 Å². The Bertz CT molecular complexity index is 870. The number of aryl methyl sites for hydroxylation is 3. The molecule has 2 aromatic heterocycles. The third-order valence-electron chi connectivity index (χ3n) is 4.14. The second-order valence-electron chi connectivity index (χ2n) is 6.28. The van der Waals surface area contributed by atoms with Gasteiger partial charge in [0.15, 0.2) is 5.82 Å². The maximum Gasteiger partial charge on any atom is 0.151 e. The highest BCUT2D eigenvalue weighted by Crippen LogP contribution is 2.27. The first-order valence-corrected chi connectivity index (χ1v) is 8.30. The first kappa shape index (κ1) is 17.1. The van der Waals surface area contributed by atoms with E-state index in [4.69, 9.17) is 5.11 Å². The van der Waals surface area contributed by atoms with Crippen molar-refractivity contribution in [2.75, 3.05) is 25.1 Å². The summed E-state index contributed by atoms with van der Waals surface area (Å²) >= 11 is 0. The topological polar surface area (TPSA) is 67.1 Å². The molecule has 0 unspecified atom stereocenters. The lowest BCUT2D eigenvalue weighted by Gasteiger charge is -2.16. The molecule has 0 atom stereocenters. The lowest BCUT2D eigenvalue weighted by Crippen LogP contribution is -2.22. The van der Waals surface area contributed by atoms with Crippen molar-refractivity contribution in [2.24, 2.45) is 0 Å². The highest BCUT2D eigenvalue weighted by atomic mass is 16.3. The zero-order valence-corrected chi connectivity index (χ0v) is 15.1. The average Bonchev–Trinajstić information content (AvgIpc) is 2.93. The molecule has 0 bridgehead atoms. The Hall–Kier alpha value is -2.73. The molecule has 3 aromatic rings. The van der Waals surface area contributed by atoms with Gasteiger partial charge in [-0.05, 0) is 50.6 Å². The second-order valence-corrected chi connectivity index (χ2v) is 6.28. The van der Waals surface area contributed by atoms with E-state index in [2.05, 4.69) is 46.5 Å².